The van der Waals surface area contributed by atoms with E-state index >= 15 is 0 Å². The van der Waals surface area contributed by atoms with E-state index < -0.39 is 0 Å². The Hall–Kier alpha value is -1.91. The molecule has 0 amide bonds. The lowest BCUT2D eigenvalue weighted by atomic mass is 9.90. The second-order valence-corrected chi connectivity index (χ2v) is 5.60. The first kappa shape index (κ1) is 14.0. The molecule has 0 aliphatic carbocycles. The topological polar surface area (TPSA) is 42.2 Å². The van der Waals surface area contributed by atoms with Crippen molar-refractivity contribution in [2.45, 2.75) is 32.6 Å². The van der Waals surface area contributed by atoms with Gasteiger partial charge >= 0.3 is 0 Å². The van der Waals surface area contributed by atoms with E-state index in [0.29, 0.717) is 17.8 Å². The van der Waals surface area contributed by atoms with Gasteiger partial charge in [0.15, 0.2) is 0 Å². The standard InChI is InChI=1S/C16H20FN3O/c1-2-15-18-16(19-21-15)20-9-7-13(8-10-20)11-12-3-5-14(17)6-4-12/h3-6,13H,2,7-11H2,1H3. The van der Waals surface area contributed by atoms with Crippen LogP contribution in [0.15, 0.2) is 28.8 Å². The van der Waals surface area contributed by atoms with Gasteiger partial charge in [-0.2, -0.15) is 4.98 Å². The SMILES string of the molecule is CCc1nc(N2CCC(Cc3ccc(F)cc3)CC2)no1. The number of hydrogen-bond donors (Lipinski definition) is 0. The zero-order chi connectivity index (χ0) is 14.7. The molecule has 1 aromatic carbocycles. The molecule has 0 spiro atoms. The predicted octanol–water partition coefficient (Wildman–Crippen LogP) is 3.23. The molecule has 0 atom stereocenters. The van der Waals surface area contributed by atoms with E-state index in [4.69, 9.17) is 4.52 Å². The number of nitrogens with zero attached hydrogens (tertiary/aromatic N) is 3. The largest absolute Gasteiger partial charge is 0.338 e. The van der Waals surface area contributed by atoms with Crippen molar-refractivity contribution in [1.29, 1.82) is 0 Å². The Balaban J connectivity index is 1.54. The molecule has 1 aliphatic heterocycles. The fourth-order valence-electron chi connectivity index (χ4n) is 2.81. The van der Waals surface area contributed by atoms with Gasteiger partial charge in [-0.25, -0.2) is 4.39 Å². The minimum absolute atomic E-state index is 0.169. The van der Waals surface area contributed by atoms with Crippen LogP contribution < -0.4 is 4.90 Å². The Labute approximate surface area is 124 Å². The average Bonchev–Trinajstić information content (AvgIpc) is 2.99. The van der Waals surface area contributed by atoms with Crippen LogP contribution in [0, 0.1) is 11.7 Å². The van der Waals surface area contributed by atoms with Crippen molar-refractivity contribution in [1.82, 2.24) is 10.1 Å². The molecule has 21 heavy (non-hydrogen) atoms. The molecule has 0 bridgehead atoms. The molecule has 1 aromatic heterocycles. The molecule has 2 heterocycles. The minimum atomic E-state index is -0.169. The molecule has 0 radical (unpaired) electrons. The highest BCUT2D eigenvalue weighted by molar-refractivity contribution is 5.28. The third-order valence-corrected chi connectivity index (χ3v) is 4.09. The van der Waals surface area contributed by atoms with Crippen molar-refractivity contribution in [2.24, 2.45) is 5.92 Å². The molecular weight excluding hydrogens is 269 g/mol. The fraction of sp³-hybridized carbons (Fsp3) is 0.500. The van der Waals surface area contributed by atoms with E-state index in [0.717, 1.165) is 38.8 Å². The molecule has 0 saturated carbocycles. The molecular formula is C16H20FN3O. The Morgan fingerprint density at radius 2 is 1.95 bits per heavy atom. The average molecular weight is 289 g/mol. The van der Waals surface area contributed by atoms with Crippen LogP contribution in [0.5, 0.6) is 0 Å². The van der Waals surface area contributed by atoms with Crippen LogP contribution in [-0.4, -0.2) is 23.2 Å². The van der Waals surface area contributed by atoms with Crippen LogP contribution >= 0.6 is 0 Å². The normalized spacial score (nSPS) is 16.4. The van der Waals surface area contributed by atoms with Gasteiger partial charge in [-0.1, -0.05) is 19.1 Å². The highest BCUT2D eigenvalue weighted by Gasteiger charge is 2.22. The number of anilines is 1. The molecule has 4 nitrogen and oxygen atoms in total. The molecule has 5 heteroatoms. The van der Waals surface area contributed by atoms with Crippen molar-refractivity contribution < 1.29 is 8.91 Å². The molecule has 0 unspecified atom stereocenters. The summed E-state index contributed by atoms with van der Waals surface area (Å²) in [6.07, 6.45) is 4.00. The molecule has 112 valence electrons. The lowest BCUT2D eigenvalue weighted by Gasteiger charge is -2.30. The maximum absolute atomic E-state index is 12.9. The highest BCUT2D eigenvalue weighted by Crippen LogP contribution is 2.24. The van der Waals surface area contributed by atoms with Gasteiger partial charge in [0.1, 0.15) is 5.82 Å². The summed E-state index contributed by atoms with van der Waals surface area (Å²) in [5, 5.41) is 4.03. The van der Waals surface area contributed by atoms with Crippen molar-refractivity contribution in [3.63, 3.8) is 0 Å². The van der Waals surface area contributed by atoms with Crippen molar-refractivity contribution >= 4 is 5.95 Å². The van der Waals surface area contributed by atoms with Gasteiger partial charge < -0.3 is 9.42 Å². The zero-order valence-corrected chi connectivity index (χ0v) is 12.3. The summed E-state index contributed by atoms with van der Waals surface area (Å²) in [7, 11) is 0. The van der Waals surface area contributed by atoms with Crippen LogP contribution in [0.25, 0.3) is 0 Å². The van der Waals surface area contributed by atoms with Crippen LogP contribution in [0.3, 0.4) is 0 Å². The van der Waals surface area contributed by atoms with Gasteiger partial charge in [0.2, 0.25) is 5.89 Å². The van der Waals surface area contributed by atoms with E-state index in [-0.39, 0.29) is 5.82 Å². The summed E-state index contributed by atoms with van der Waals surface area (Å²) in [6, 6.07) is 6.84. The van der Waals surface area contributed by atoms with E-state index in [2.05, 4.69) is 15.0 Å². The number of piperidine rings is 1. The van der Waals surface area contributed by atoms with E-state index in [1.807, 2.05) is 19.1 Å². The first-order valence-electron chi connectivity index (χ1n) is 7.56. The Morgan fingerprint density at radius 1 is 1.24 bits per heavy atom. The number of hydrogen-bond acceptors (Lipinski definition) is 4. The number of aromatic nitrogens is 2. The van der Waals surface area contributed by atoms with Gasteiger partial charge in [0.25, 0.3) is 5.95 Å². The molecule has 1 aliphatic rings. The monoisotopic (exact) mass is 289 g/mol. The summed E-state index contributed by atoms with van der Waals surface area (Å²) < 4.78 is 18.1. The quantitative estimate of drug-likeness (QED) is 0.866. The molecule has 2 aromatic rings. The predicted molar refractivity (Wildman–Crippen MR) is 78.7 cm³/mol. The molecule has 1 fully saturated rings. The Bertz CT molecular complexity index is 573. The van der Waals surface area contributed by atoms with E-state index in [1.54, 1.807) is 0 Å². The van der Waals surface area contributed by atoms with Crippen molar-refractivity contribution in [2.75, 3.05) is 18.0 Å². The maximum Gasteiger partial charge on any atom is 0.266 e. The third kappa shape index (κ3) is 3.40. The van der Waals surface area contributed by atoms with Gasteiger partial charge in [-0.3, -0.25) is 0 Å². The smallest absolute Gasteiger partial charge is 0.266 e. The van der Waals surface area contributed by atoms with Gasteiger partial charge in [0.05, 0.1) is 0 Å². The maximum atomic E-state index is 12.9. The molecule has 0 N–H and O–H groups in total. The second-order valence-electron chi connectivity index (χ2n) is 5.60. The molecule has 1 saturated heterocycles. The first-order valence-corrected chi connectivity index (χ1v) is 7.56. The van der Waals surface area contributed by atoms with Gasteiger partial charge in [-0.05, 0) is 48.0 Å². The minimum Gasteiger partial charge on any atom is -0.338 e. The van der Waals surface area contributed by atoms with Crippen LogP contribution in [0.1, 0.15) is 31.2 Å². The van der Waals surface area contributed by atoms with Gasteiger partial charge in [0, 0.05) is 19.5 Å². The van der Waals surface area contributed by atoms with Crippen LogP contribution in [0.2, 0.25) is 0 Å². The lowest BCUT2D eigenvalue weighted by Crippen LogP contribution is -2.35. The highest BCUT2D eigenvalue weighted by atomic mass is 19.1. The van der Waals surface area contributed by atoms with E-state index in [1.165, 1.54) is 17.7 Å². The fourth-order valence-corrected chi connectivity index (χ4v) is 2.81. The summed E-state index contributed by atoms with van der Waals surface area (Å²) in [6.45, 7) is 3.91. The van der Waals surface area contributed by atoms with Crippen LogP contribution in [0.4, 0.5) is 10.3 Å². The van der Waals surface area contributed by atoms with Gasteiger partial charge in [-0.15, -0.1) is 0 Å². The summed E-state index contributed by atoms with van der Waals surface area (Å²) in [5.41, 5.74) is 1.21. The first-order chi connectivity index (χ1) is 10.2. The van der Waals surface area contributed by atoms with Crippen molar-refractivity contribution in [3.8, 4) is 0 Å². The summed E-state index contributed by atoms with van der Waals surface area (Å²) in [5.74, 6) is 1.88. The number of rotatable bonds is 4. The lowest BCUT2D eigenvalue weighted by molar-refractivity contribution is 0.371. The van der Waals surface area contributed by atoms with Crippen LogP contribution in [-0.2, 0) is 12.8 Å². The summed E-state index contributed by atoms with van der Waals surface area (Å²) >= 11 is 0. The Morgan fingerprint density at radius 3 is 2.57 bits per heavy atom. The number of benzene rings is 1. The third-order valence-electron chi connectivity index (χ3n) is 4.09. The van der Waals surface area contributed by atoms with Crippen molar-refractivity contribution in [3.05, 3.63) is 41.5 Å². The number of halogens is 1. The van der Waals surface area contributed by atoms with E-state index in [9.17, 15) is 4.39 Å². The summed E-state index contributed by atoms with van der Waals surface area (Å²) in [4.78, 5) is 6.56. The number of aryl methyl sites for hydroxylation is 1. The Kier molecular flexibility index (Phi) is 4.18. The molecule has 3 rings (SSSR count). The zero-order valence-electron chi connectivity index (χ0n) is 12.3. The second kappa shape index (κ2) is 6.24.